The van der Waals surface area contributed by atoms with Crippen LogP contribution >= 0.6 is 0 Å². The van der Waals surface area contributed by atoms with E-state index >= 15 is 0 Å². The highest BCUT2D eigenvalue weighted by Gasteiger charge is 2.08. The van der Waals surface area contributed by atoms with Gasteiger partial charge in [0, 0.05) is 5.57 Å². The van der Waals surface area contributed by atoms with Crippen LogP contribution in [0.25, 0.3) is 5.57 Å². The lowest BCUT2D eigenvalue weighted by atomic mass is 9.99. The summed E-state index contributed by atoms with van der Waals surface area (Å²) in [6.07, 6.45) is 0.386. The molecule has 0 saturated heterocycles. The molecule has 0 fully saturated rings. The Morgan fingerprint density at radius 2 is 1.37 bits per heavy atom. The second kappa shape index (κ2) is 6.83. The number of benzene rings is 2. The molecule has 0 atom stereocenters. The summed E-state index contributed by atoms with van der Waals surface area (Å²) in [5.74, 6) is 0. The molecule has 0 heterocycles. The van der Waals surface area contributed by atoms with Crippen molar-refractivity contribution < 1.29 is 8.78 Å². The van der Waals surface area contributed by atoms with Crippen molar-refractivity contribution in [3.63, 3.8) is 0 Å². The maximum atomic E-state index is 13.0. The number of allylic oxidation sites excluding steroid dienone is 1. The molecule has 2 aromatic carbocycles. The topological polar surface area (TPSA) is 0 Å². The molecule has 0 nitrogen and oxygen atoms in total. The van der Waals surface area contributed by atoms with E-state index in [9.17, 15) is 8.78 Å². The summed E-state index contributed by atoms with van der Waals surface area (Å²) < 4.78 is 26.0. The minimum atomic E-state index is -1.57. The van der Waals surface area contributed by atoms with Gasteiger partial charge in [0.2, 0.25) is 0 Å². The zero-order valence-corrected chi connectivity index (χ0v) is 10.7. The molecule has 0 unspecified atom stereocenters. The first-order valence-corrected chi connectivity index (χ1v) is 6.41. The maximum absolute atomic E-state index is 13.0. The van der Waals surface area contributed by atoms with Gasteiger partial charge in [-0.1, -0.05) is 60.7 Å². The molecule has 0 aliphatic carbocycles. The lowest BCUT2D eigenvalue weighted by Gasteiger charge is -2.07. The van der Waals surface area contributed by atoms with E-state index in [1.165, 1.54) is 5.56 Å². The Hall–Kier alpha value is -1.96. The molecule has 0 aromatic heterocycles. The Morgan fingerprint density at radius 3 is 1.95 bits per heavy atom. The summed E-state index contributed by atoms with van der Waals surface area (Å²) >= 11 is 0. The monoisotopic (exact) mass is 258 g/mol. The van der Waals surface area contributed by atoms with Crippen molar-refractivity contribution in [2.75, 3.05) is 0 Å². The molecule has 0 amide bonds. The molecular formula is C17H16F2. The van der Waals surface area contributed by atoms with Crippen LogP contribution in [-0.2, 0) is 6.42 Å². The van der Waals surface area contributed by atoms with E-state index in [-0.39, 0.29) is 5.57 Å². The van der Waals surface area contributed by atoms with E-state index in [0.717, 1.165) is 12.8 Å². The summed E-state index contributed by atoms with van der Waals surface area (Å²) in [6, 6.07) is 18.8. The van der Waals surface area contributed by atoms with Gasteiger partial charge in [-0.05, 0) is 30.4 Å². The van der Waals surface area contributed by atoms with Crippen LogP contribution in [0.1, 0.15) is 24.0 Å². The Kier molecular flexibility index (Phi) is 4.85. The third-order valence-electron chi connectivity index (χ3n) is 3.09. The van der Waals surface area contributed by atoms with Gasteiger partial charge in [-0.15, -0.1) is 0 Å². The van der Waals surface area contributed by atoms with Crippen molar-refractivity contribution in [3.8, 4) is 0 Å². The number of aryl methyl sites for hydroxylation is 1. The van der Waals surface area contributed by atoms with Crippen molar-refractivity contribution in [1.82, 2.24) is 0 Å². The van der Waals surface area contributed by atoms with E-state index in [2.05, 4.69) is 0 Å². The third kappa shape index (κ3) is 4.02. The molecular weight excluding hydrogens is 242 g/mol. The largest absolute Gasteiger partial charge is 0.274 e. The molecule has 0 bridgehead atoms. The van der Waals surface area contributed by atoms with Crippen molar-refractivity contribution in [2.45, 2.75) is 19.3 Å². The molecule has 2 heteroatoms. The molecule has 2 aromatic rings. The number of hydrogen-bond donors (Lipinski definition) is 0. The lowest BCUT2D eigenvalue weighted by molar-refractivity contribution is 0.422. The third-order valence-corrected chi connectivity index (χ3v) is 3.09. The van der Waals surface area contributed by atoms with Gasteiger partial charge in [-0.25, -0.2) is 0 Å². The minimum Gasteiger partial charge on any atom is -0.173 e. The molecule has 0 radical (unpaired) electrons. The molecule has 0 N–H and O–H groups in total. The summed E-state index contributed by atoms with van der Waals surface area (Å²) in [5.41, 5.74) is 1.97. The Balaban J connectivity index is 1.98. The molecule has 2 rings (SSSR count). The molecule has 0 aliphatic heterocycles. The van der Waals surface area contributed by atoms with Gasteiger partial charge in [0.25, 0.3) is 6.08 Å². The quantitative estimate of drug-likeness (QED) is 0.681. The highest BCUT2D eigenvalue weighted by Crippen LogP contribution is 2.26. The number of halogens is 2. The van der Waals surface area contributed by atoms with E-state index < -0.39 is 6.08 Å². The second-order valence-electron chi connectivity index (χ2n) is 4.44. The average Bonchev–Trinajstić information content (AvgIpc) is 2.45. The van der Waals surface area contributed by atoms with Crippen LogP contribution in [0.5, 0.6) is 0 Å². The predicted octanol–water partition coefficient (Wildman–Crippen LogP) is 5.32. The normalized spacial score (nSPS) is 10.2. The van der Waals surface area contributed by atoms with Gasteiger partial charge in [-0.2, -0.15) is 8.78 Å². The van der Waals surface area contributed by atoms with Gasteiger partial charge in [0.15, 0.2) is 0 Å². The van der Waals surface area contributed by atoms with Gasteiger partial charge in [0.05, 0.1) is 0 Å². The Labute approximate surface area is 112 Å². The highest BCUT2D eigenvalue weighted by molar-refractivity contribution is 5.66. The van der Waals surface area contributed by atoms with Crippen molar-refractivity contribution in [2.24, 2.45) is 0 Å². The molecule has 0 aliphatic rings. The second-order valence-corrected chi connectivity index (χ2v) is 4.44. The van der Waals surface area contributed by atoms with E-state index in [1.807, 2.05) is 36.4 Å². The first-order valence-electron chi connectivity index (χ1n) is 6.41. The standard InChI is InChI=1S/C17H16F2/c18-17(19)16(15-11-5-2-6-12-15)13-7-10-14-8-3-1-4-9-14/h1-6,8-9,11-12H,7,10,13H2. The van der Waals surface area contributed by atoms with Crippen molar-refractivity contribution in [1.29, 1.82) is 0 Å². The van der Waals surface area contributed by atoms with E-state index in [1.54, 1.807) is 24.3 Å². The van der Waals surface area contributed by atoms with Crippen LogP contribution in [-0.4, -0.2) is 0 Å². The summed E-state index contributed by atoms with van der Waals surface area (Å²) in [7, 11) is 0. The summed E-state index contributed by atoms with van der Waals surface area (Å²) in [4.78, 5) is 0. The van der Waals surface area contributed by atoms with Crippen LogP contribution in [0, 0.1) is 0 Å². The maximum Gasteiger partial charge on any atom is 0.274 e. The van der Waals surface area contributed by atoms with Crippen LogP contribution in [0.4, 0.5) is 8.78 Å². The average molecular weight is 258 g/mol. The van der Waals surface area contributed by atoms with Gasteiger partial charge < -0.3 is 0 Å². The SMILES string of the molecule is FC(F)=C(CCCc1ccccc1)c1ccccc1. The fourth-order valence-corrected chi connectivity index (χ4v) is 2.10. The number of rotatable bonds is 5. The highest BCUT2D eigenvalue weighted by atomic mass is 19.3. The first kappa shape index (κ1) is 13.5. The van der Waals surface area contributed by atoms with Crippen LogP contribution < -0.4 is 0 Å². The van der Waals surface area contributed by atoms with Crippen LogP contribution in [0.15, 0.2) is 66.7 Å². The fourth-order valence-electron chi connectivity index (χ4n) is 2.10. The summed E-state index contributed by atoms with van der Waals surface area (Å²) in [5, 5.41) is 0. The zero-order chi connectivity index (χ0) is 13.5. The zero-order valence-electron chi connectivity index (χ0n) is 10.7. The van der Waals surface area contributed by atoms with Gasteiger partial charge in [-0.3, -0.25) is 0 Å². The smallest absolute Gasteiger partial charge is 0.173 e. The van der Waals surface area contributed by atoms with E-state index in [4.69, 9.17) is 0 Å². The molecule has 0 saturated carbocycles. The van der Waals surface area contributed by atoms with Gasteiger partial charge in [0.1, 0.15) is 0 Å². The Bertz CT molecular complexity index is 526. The molecule has 0 spiro atoms. The minimum absolute atomic E-state index is 0.163. The molecule has 98 valence electrons. The van der Waals surface area contributed by atoms with Gasteiger partial charge >= 0.3 is 0 Å². The Morgan fingerprint density at radius 1 is 0.789 bits per heavy atom. The van der Waals surface area contributed by atoms with Crippen LogP contribution in [0.2, 0.25) is 0 Å². The van der Waals surface area contributed by atoms with Crippen molar-refractivity contribution in [3.05, 3.63) is 77.9 Å². The fraction of sp³-hybridized carbons (Fsp3) is 0.176. The summed E-state index contributed by atoms with van der Waals surface area (Å²) in [6.45, 7) is 0. The van der Waals surface area contributed by atoms with Crippen molar-refractivity contribution >= 4 is 5.57 Å². The molecule has 19 heavy (non-hydrogen) atoms. The first-order chi connectivity index (χ1) is 9.27. The lowest BCUT2D eigenvalue weighted by Crippen LogP contribution is -1.90. The van der Waals surface area contributed by atoms with Crippen LogP contribution in [0.3, 0.4) is 0 Å². The van der Waals surface area contributed by atoms with E-state index in [0.29, 0.717) is 12.0 Å². The predicted molar refractivity (Wildman–Crippen MR) is 75.0 cm³/mol. The number of hydrogen-bond acceptors (Lipinski definition) is 0.